The predicted octanol–water partition coefficient (Wildman–Crippen LogP) is 3.39. The van der Waals surface area contributed by atoms with Gasteiger partial charge < -0.3 is 31.7 Å². The van der Waals surface area contributed by atoms with E-state index in [2.05, 4.69) is 6.58 Å². The van der Waals surface area contributed by atoms with Gasteiger partial charge in [-0.1, -0.05) is 19.9 Å². The van der Waals surface area contributed by atoms with Crippen molar-refractivity contribution in [3.05, 3.63) is 12.2 Å². The summed E-state index contributed by atoms with van der Waals surface area (Å²) in [7, 11) is -10.7. The minimum absolute atomic E-state index is 0.0936. The number of hydrogen-bond donors (Lipinski definition) is 2. The van der Waals surface area contributed by atoms with Crippen LogP contribution in [0.25, 0.3) is 0 Å². The molecule has 0 saturated heterocycles. The highest BCUT2D eigenvalue weighted by molar-refractivity contribution is 6.88. The van der Waals surface area contributed by atoms with E-state index in [1.54, 1.807) is 0 Å². The average molecular weight is 541 g/mol. The van der Waals surface area contributed by atoms with Crippen molar-refractivity contribution in [3.63, 3.8) is 0 Å². The predicted molar refractivity (Wildman–Crippen MR) is 137 cm³/mol. The molecule has 13 heteroatoms. The van der Waals surface area contributed by atoms with Crippen molar-refractivity contribution < 1.29 is 41.3 Å². The number of hydrogen-bond acceptors (Lipinski definition) is 9. The smallest absolute Gasteiger partial charge is 0.459 e. The maximum atomic E-state index is 13.4. The van der Waals surface area contributed by atoms with Gasteiger partial charge in [0.1, 0.15) is 12.7 Å². The summed E-state index contributed by atoms with van der Waals surface area (Å²) in [5.41, 5.74) is -0.0936. The SMILES string of the molecule is C=C(C(=O)OCC(O)CO)C(CCC)C(=O)O[Si](O[Si](C)(C)C)(O[Si](C)(C)C)O[Si](C)(C)C. The van der Waals surface area contributed by atoms with E-state index < -0.39 is 71.2 Å². The van der Waals surface area contributed by atoms with E-state index in [4.69, 9.17) is 26.6 Å². The van der Waals surface area contributed by atoms with Crippen LogP contribution in [0.15, 0.2) is 12.2 Å². The zero-order valence-corrected chi connectivity index (χ0v) is 25.9. The second-order valence-corrected chi connectivity index (χ2v) is 27.2. The molecule has 0 rings (SSSR count). The molecule has 9 nitrogen and oxygen atoms in total. The van der Waals surface area contributed by atoms with Gasteiger partial charge in [0, 0.05) is 5.57 Å². The molecule has 0 aromatic heterocycles. The van der Waals surface area contributed by atoms with E-state index >= 15 is 0 Å². The van der Waals surface area contributed by atoms with Gasteiger partial charge in [-0.3, -0.25) is 4.79 Å². The number of esters is 1. The van der Waals surface area contributed by atoms with Crippen molar-refractivity contribution >= 4 is 45.9 Å². The second kappa shape index (κ2) is 12.9. The third kappa shape index (κ3) is 13.7. The molecular formula is C20H44O9Si4. The van der Waals surface area contributed by atoms with E-state index in [0.29, 0.717) is 12.8 Å². The summed E-state index contributed by atoms with van der Waals surface area (Å²) in [6, 6.07) is 0. The highest BCUT2D eigenvalue weighted by Crippen LogP contribution is 2.29. The number of carbonyl (C=O) groups excluding carboxylic acids is 2. The summed E-state index contributed by atoms with van der Waals surface area (Å²) >= 11 is 0. The zero-order chi connectivity index (χ0) is 26.3. The summed E-state index contributed by atoms with van der Waals surface area (Å²) in [4.78, 5) is 25.9. The Morgan fingerprint density at radius 1 is 0.879 bits per heavy atom. The summed E-state index contributed by atoms with van der Waals surface area (Å²) in [6.45, 7) is 22.4. The van der Waals surface area contributed by atoms with Gasteiger partial charge in [0.15, 0.2) is 25.0 Å². The van der Waals surface area contributed by atoms with Crippen molar-refractivity contribution in [2.45, 2.75) is 84.8 Å². The monoisotopic (exact) mass is 540 g/mol. The van der Waals surface area contributed by atoms with Gasteiger partial charge in [0.25, 0.3) is 0 Å². The van der Waals surface area contributed by atoms with Crippen LogP contribution in [0.1, 0.15) is 19.8 Å². The third-order valence-electron chi connectivity index (χ3n) is 3.68. The molecule has 2 atom stereocenters. The molecule has 0 amide bonds. The van der Waals surface area contributed by atoms with Gasteiger partial charge in [0.05, 0.1) is 12.5 Å². The van der Waals surface area contributed by atoms with Gasteiger partial charge >= 0.3 is 21.0 Å². The van der Waals surface area contributed by atoms with Gasteiger partial charge in [-0.05, 0) is 65.3 Å². The van der Waals surface area contributed by atoms with Crippen LogP contribution in [0.4, 0.5) is 0 Å². The molecule has 0 aromatic rings. The lowest BCUT2D eigenvalue weighted by Crippen LogP contribution is -2.63. The molecule has 2 N–H and O–H groups in total. The lowest BCUT2D eigenvalue weighted by molar-refractivity contribution is -0.149. The third-order valence-corrected chi connectivity index (χ3v) is 14.5. The molecule has 0 fully saturated rings. The fourth-order valence-corrected chi connectivity index (χ4v) is 14.1. The first-order valence-electron chi connectivity index (χ1n) is 11.2. The Kier molecular flexibility index (Phi) is 12.6. The number of carbonyl (C=O) groups is 2. The fraction of sp³-hybridized carbons (Fsp3) is 0.800. The Balaban J connectivity index is 6.05. The van der Waals surface area contributed by atoms with Gasteiger partial charge in [-0.2, -0.15) is 0 Å². The molecule has 0 aliphatic rings. The van der Waals surface area contributed by atoms with Gasteiger partial charge in [-0.25, -0.2) is 4.79 Å². The summed E-state index contributed by atoms with van der Waals surface area (Å²) < 4.78 is 30.1. The van der Waals surface area contributed by atoms with Crippen LogP contribution >= 0.6 is 0 Å². The summed E-state index contributed by atoms with van der Waals surface area (Å²) in [5, 5.41) is 18.3. The van der Waals surface area contributed by atoms with Crippen LogP contribution in [-0.4, -0.2) is 75.5 Å². The normalized spacial score (nSPS) is 15.0. The number of aliphatic hydroxyl groups is 2. The molecule has 0 aliphatic heterocycles. The minimum atomic E-state index is -3.91. The minimum Gasteiger partial charge on any atom is -0.459 e. The maximum Gasteiger partial charge on any atom is 0.719 e. The van der Waals surface area contributed by atoms with E-state index in [0.717, 1.165) is 0 Å². The zero-order valence-electron chi connectivity index (χ0n) is 21.9. The van der Waals surface area contributed by atoms with E-state index in [9.17, 15) is 14.7 Å². The standard InChI is InChI=1S/C20H44O9Si4/c1-12-13-18(16(2)19(23)25-15-17(22)14-21)20(24)26-33(27-30(3,4)5,28-31(6,7)8)29-32(9,10)11/h17-18,21-22H,2,12-15H2,1,3-11H3. The largest absolute Gasteiger partial charge is 0.719 e. The van der Waals surface area contributed by atoms with Crippen LogP contribution in [-0.2, 0) is 31.1 Å². The van der Waals surface area contributed by atoms with Crippen LogP contribution in [0.3, 0.4) is 0 Å². The Labute approximate surface area is 203 Å². The average Bonchev–Trinajstić information content (AvgIpc) is 2.58. The number of ether oxygens (including phenoxy) is 1. The lowest BCUT2D eigenvalue weighted by Gasteiger charge is -2.40. The van der Waals surface area contributed by atoms with Crippen molar-refractivity contribution in [2.75, 3.05) is 13.2 Å². The lowest BCUT2D eigenvalue weighted by atomic mass is 9.96. The second-order valence-electron chi connectivity index (χ2n) is 10.9. The van der Waals surface area contributed by atoms with E-state index in [-0.39, 0.29) is 5.57 Å². The van der Waals surface area contributed by atoms with Crippen molar-refractivity contribution in [2.24, 2.45) is 5.92 Å². The highest BCUT2D eigenvalue weighted by atomic mass is 28.5. The first-order valence-corrected chi connectivity index (χ1v) is 23.1. The Hall–Kier alpha value is -0.652. The van der Waals surface area contributed by atoms with Crippen molar-refractivity contribution in [1.29, 1.82) is 0 Å². The number of rotatable bonds is 15. The summed E-state index contributed by atoms with van der Waals surface area (Å²) in [6.07, 6.45) is -0.329. The Bertz CT molecular complexity index is 625. The summed E-state index contributed by atoms with van der Waals surface area (Å²) in [5.74, 6) is -2.53. The van der Waals surface area contributed by atoms with E-state index in [1.165, 1.54) is 0 Å². The van der Waals surface area contributed by atoms with Crippen LogP contribution in [0, 0.1) is 5.92 Å². The quantitative estimate of drug-likeness (QED) is 0.183. The number of aliphatic hydroxyl groups excluding tert-OH is 2. The van der Waals surface area contributed by atoms with Crippen LogP contribution < -0.4 is 0 Å². The van der Waals surface area contributed by atoms with Crippen LogP contribution in [0.2, 0.25) is 58.9 Å². The molecule has 2 unspecified atom stereocenters. The Morgan fingerprint density at radius 3 is 1.64 bits per heavy atom. The first-order chi connectivity index (χ1) is 14.7. The van der Waals surface area contributed by atoms with Gasteiger partial charge in [-0.15, -0.1) is 0 Å². The molecule has 0 radical (unpaired) electrons. The molecular weight excluding hydrogens is 497 g/mol. The van der Waals surface area contributed by atoms with Gasteiger partial charge in [0.2, 0.25) is 0 Å². The molecule has 0 aliphatic carbocycles. The van der Waals surface area contributed by atoms with Crippen molar-refractivity contribution in [3.8, 4) is 0 Å². The topological polar surface area (TPSA) is 121 Å². The Morgan fingerprint density at radius 2 is 1.30 bits per heavy atom. The molecule has 0 bridgehead atoms. The first kappa shape index (κ1) is 32.3. The molecule has 0 aromatic carbocycles. The maximum absolute atomic E-state index is 13.4. The molecule has 0 heterocycles. The van der Waals surface area contributed by atoms with E-state index in [1.807, 2.05) is 65.8 Å². The van der Waals surface area contributed by atoms with Crippen LogP contribution in [0.5, 0.6) is 0 Å². The highest BCUT2D eigenvalue weighted by Gasteiger charge is 2.57. The molecule has 33 heavy (non-hydrogen) atoms. The molecule has 194 valence electrons. The van der Waals surface area contributed by atoms with Crippen molar-refractivity contribution in [1.82, 2.24) is 0 Å². The molecule has 0 saturated carbocycles. The molecule has 0 spiro atoms. The fourth-order valence-electron chi connectivity index (χ4n) is 2.63.